The summed E-state index contributed by atoms with van der Waals surface area (Å²) >= 11 is 0. The van der Waals surface area contributed by atoms with Crippen molar-refractivity contribution in [3.05, 3.63) is 42.5 Å². The van der Waals surface area contributed by atoms with Gasteiger partial charge in [0.2, 0.25) is 0 Å². The van der Waals surface area contributed by atoms with Gasteiger partial charge >= 0.3 is 0 Å². The zero-order valence-electron chi connectivity index (χ0n) is 10.5. The van der Waals surface area contributed by atoms with E-state index in [0.717, 1.165) is 6.07 Å². The predicted molar refractivity (Wildman–Crippen MR) is 69.8 cm³/mol. The summed E-state index contributed by atoms with van der Waals surface area (Å²) in [6.07, 6.45) is 2.70. The van der Waals surface area contributed by atoms with E-state index < -0.39 is 15.8 Å². The van der Waals surface area contributed by atoms with Crippen LogP contribution in [-0.2, 0) is 10.0 Å². The van der Waals surface area contributed by atoms with Crippen LogP contribution in [0, 0.1) is 5.82 Å². The summed E-state index contributed by atoms with van der Waals surface area (Å²) in [5, 5.41) is 3.96. The summed E-state index contributed by atoms with van der Waals surface area (Å²) in [5.41, 5.74) is 0.178. The van der Waals surface area contributed by atoms with Crippen LogP contribution in [0.15, 0.2) is 41.6 Å². The molecule has 1 aromatic heterocycles. The van der Waals surface area contributed by atoms with E-state index in [9.17, 15) is 12.8 Å². The van der Waals surface area contributed by atoms with Crippen LogP contribution < -0.4 is 4.72 Å². The predicted octanol–water partition coefficient (Wildman–Crippen LogP) is 2.40. The van der Waals surface area contributed by atoms with Crippen molar-refractivity contribution >= 4 is 15.7 Å². The lowest BCUT2D eigenvalue weighted by Crippen LogP contribution is -2.12. The van der Waals surface area contributed by atoms with Crippen LogP contribution >= 0.6 is 0 Å². The zero-order valence-corrected chi connectivity index (χ0v) is 11.4. The quantitative estimate of drug-likeness (QED) is 0.937. The molecule has 0 spiro atoms. The van der Waals surface area contributed by atoms with Gasteiger partial charge < -0.3 is 0 Å². The van der Waals surface area contributed by atoms with E-state index in [1.807, 2.05) is 13.8 Å². The molecular formula is C12H14FN3O2S. The molecule has 0 amide bonds. The third kappa shape index (κ3) is 3.11. The summed E-state index contributed by atoms with van der Waals surface area (Å²) < 4.78 is 41.0. The largest absolute Gasteiger partial charge is 0.279 e. The molecule has 0 fully saturated rings. The molecule has 19 heavy (non-hydrogen) atoms. The Bertz CT molecular complexity index is 680. The molecule has 2 rings (SSSR count). The van der Waals surface area contributed by atoms with Crippen LogP contribution in [0.3, 0.4) is 0 Å². The molecule has 1 aromatic carbocycles. The standard InChI is InChI=1S/C12H14FN3O2S/c1-9(2)16-8-12(7-14-16)19(17,18)15-11-5-3-4-10(13)6-11/h3-9,15H,1-2H3. The van der Waals surface area contributed by atoms with Crippen molar-refractivity contribution < 1.29 is 12.8 Å². The Balaban J connectivity index is 2.27. The first-order valence-electron chi connectivity index (χ1n) is 5.71. The molecule has 102 valence electrons. The summed E-state index contributed by atoms with van der Waals surface area (Å²) in [5.74, 6) is -0.502. The van der Waals surface area contributed by atoms with Crippen LogP contribution in [0.4, 0.5) is 10.1 Å². The molecule has 0 aliphatic rings. The van der Waals surface area contributed by atoms with Crippen LogP contribution in [0.5, 0.6) is 0 Å². The Hall–Kier alpha value is -1.89. The van der Waals surface area contributed by atoms with Crippen molar-refractivity contribution in [2.45, 2.75) is 24.8 Å². The van der Waals surface area contributed by atoms with Crippen molar-refractivity contribution in [1.82, 2.24) is 9.78 Å². The van der Waals surface area contributed by atoms with Crippen molar-refractivity contribution in [3.8, 4) is 0 Å². The minimum atomic E-state index is -3.74. The molecule has 0 saturated carbocycles. The molecule has 7 heteroatoms. The first-order valence-corrected chi connectivity index (χ1v) is 7.19. The number of hydrogen-bond acceptors (Lipinski definition) is 3. The monoisotopic (exact) mass is 283 g/mol. The number of nitrogens with one attached hydrogen (secondary N) is 1. The number of sulfonamides is 1. The molecular weight excluding hydrogens is 269 g/mol. The van der Waals surface area contributed by atoms with Gasteiger partial charge in [-0.2, -0.15) is 5.10 Å². The van der Waals surface area contributed by atoms with Gasteiger partial charge in [-0.25, -0.2) is 12.8 Å². The van der Waals surface area contributed by atoms with Gasteiger partial charge in [-0.05, 0) is 32.0 Å². The molecule has 0 aliphatic heterocycles. The van der Waals surface area contributed by atoms with E-state index in [1.165, 1.54) is 30.6 Å². The number of rotatable bonds is 4. The lowest BCUT2D eigenvalue weighted by atomic mass is 10.3. The van der Waals surface area contributed by atoms with Crippen molar-refractivity contribution in [1.29, 1.82) is 0 Å². The normalized spacial score (nSPS) is 11.8. The minimum Gasteiger partial charge on any atom is -0.279 e. The Kier molecular flexibility index (Phi) is 3.57. The molecule has 2 aromatic rings. The van der Waals surface area contributed by atoms with Gasteiger partial charge in [0, 0.05) is 12.2 Å². The maximum atomic E-state index is 13.0. The van der Waals surface area contributed by atoms with Gasteiger partial charge in [0.05, 0.1) is 11.9 Å². The fourth-order valence-corrected chi connectivity index (χ4v) is 2.50. The highest BCUT2D eigenvalue weighted by atomic mass is 32.2. The van der Waals surface area contributed by atoms with E-state index in [1.54, 1.807) is 4.68 Å². The SMILES string of the molecule is CC(C)n1cc(S(=O)(=O)Nc2cccc(F)c2)cn1. The van der Waals surface area contributed by atoms with Crippen LogP contribution in [0.2, 0.25) is 0 Å². The van der Waals surface area contributed by atoms with E-state index in [0.29, 0.717) is 0 Å². The molecule has 0 saturated heterocycles. The van der Waals surface area contributed by atoms with E-state index in [4.69, 9.17) is 0 Å². The highest BCUT2D eigenvalue weighted by Crippen LogP contribution is 2.17. The number of benzene rings is 1. The molecule has 0 radical (unpaired) electrons. The number of nitrogens with zero attached hydrogens (tertiary/aromatic N) is 2. The fraction of sp³-hybridized carbons (Fsp3) is 0.250. The second-order valence-electron chi connectivity index (χ2n) is 4.37. The highest BCUT2D eigenvalue weighted by molar-refractivity contribution is 7.92. The van der Waals surface area contributed by atoms with Gasteiger partial charge in [0.1, 0.15) is 10.7 Å². The molecule has 5 nitrogen and oxygen atoms in total. The lowest BCUT2D eigenvalue weighted by molar-refractivity contribution is 0.531. The third-order valence-corrected chi connectivity index (χ3v) is 3.83. The lowest BCUT2D eigenvalue weighted by Gasteiger charge is -2.06. The molecule has 0 bridgehead atoms. The van der Waals surface area contributed by atoms with Crippen LogP contribution in [0.25, 0.3) is 0 Å². The van der Waals surface area contributed by atoms with Gasteiger partial charge in [-0.15, -0.1) is 0 Å². The Morgan fingerprint density at radius 1 is 1.37 bits per heavy atom. The third-order valence-electron chi connectivity index (χ3n) is 2.49. The second kappa shape index (κ2) is 5.00. The maximum Gasteiger partial charge on any atom is 0.265 e. The van der Waals surface area contributed by atoms with Gasteiger partial charge in [-0.1, -0.05) is 6.07 Å². The number of halogens is 1. The minimum absolute atomic E-state index is 0.0467. The molecule has 0 aliphatic carbocycles. The zero-order chi connectivity index (χ0) is 14.0. The second-order valence-corrected chi connectivity index (χ2v) is 6.05. The van der Waals surface area contributed by atoms with Crippen LogP contribution in [-0.4, -0.2) is 18.2 Å². The van der Waals surface area contributed by atoms with E-state index in [-0.39, 0.29) is 16.6 Å². The Labute approximate surface area is 111 Å². The van der Waals surface area contributed by atoms with E-state index >= 15 is 0 Å². The van der Waals surface area contributed by atoms with Crippen molar-refractivity contribution in [2.24, 2.45) is 0 Å². The molecule has 0 unspecified atom stereocenters. The van der Waals surface area contributed by atoms with E-state index in [2.05, 4.69) is 9.82 Å². The summed E-state index contributed by atoms with van der Waals surface area (Å²) in [7, 11) is -3.74. The summed E-state index contributed by atoms with van der Waals surface area (Å²) in [6, 6.07) is 5.34. The first kappa shape index (κ1) is 13.5. The topological polar surface area (TPSA) is 64.0 Å². The molecule has 1 N–H and O–H groups in total. The van der Waals surface area contributed by atoms with Crippen LogP contribution in [0.1, 0.15) is 19.9 Å². The Morgan fingerprint density at radius 2 is 2.11 bits per heavy atom. The maximum absolute atomic E-state index is 13.0. The van der Waals surface area contributed by atoms with Crippen molar-refractivity contribution in [3.63, 3.8) is 0 Å². The summed E-state index contributed by atoms with van der Waals surface area (Å²) in [6.45, 7) is 3.78. The first-order chi connectivity index (χ1) is 8.88. The molecule has 1 heterocycles. The number of anilines is 1. The fourth-order valence-electron chi connectivity index (χ4n) is 1.51. The number of hydrogen-bond donors (Lipinski definition) is 1. The Morgan fingerprint density at radius 3 is 2.68 bits per heavy atom. The van der Waals surface area contributed by atoms with Gasteiger partial charge in [0.25, 0.3) is 10.0 Å². The van der Waals surface area contributed by atoms with Crippen molar-refractivity contribution in [2.75, 3.05) is 4.72 Å². The smallest absolute Gasteiger partial charge is 0.265 e. The molecule has 0 atom stereocenters. The average Bonchev–Trinajstić information content (AvgIpc) is 2.78. The summed E-state index contributed by atoms with van der Waals surface area (Å²) in [4.78, 5) is 0.0467. The van der Waals surface area contributed by atoms with Gasteiger partial charge in [0.15, 0.2) is 0 Å². The number of aromatic nitrogens is 2. The highest BCUT2D eigenvalue weighted by Gasteiger charge is 2.17. The average molecular weight is 283 g/mol. The van der Waals surface area contributed by atoms with Gasteiger partial charge in [-0.3, -0.25) is 9.40 Å².